The number of carbonyl (C=O) groups is 3. The summed E-state index contributed by atoms with van der Waals surface area (Å²) in [6.45, 7) is -0.813. The second-order valence-electron chi connectivity index (χ2n) is 4.48. The van der Waals surface area contributed by atoms with E-state index in [2.05, 4.69) is 21.2 Å². The summed E-state index contributed by atoms with van der Waals surface area (Å²) in [5, 5.41) is 4.40. The molecule has 7 nitrogen and oxygen atoms in total. The number of hydrogen-bond donors (Lipinski definition) is 2. The summed E-state index contributed by atoms with van der Waals surface area (Å²) in [5.74, 6) is -1.41. The zero-order valence-corrected chi connectivity index (χ0v) is 14.7. The lowest BCUT2D eigenvalue weighted by molar-refractivity contribution is -0.149. The van der Waals surface area contributed by atoms with Gasteiger partial charge in [0.1, 0.15) is 10.8 Å². The van der Waals surface area contributed by atoms with Crippen molar-refractivity contribution in [1.29, 1.82) is 0 Å². The molecule has 0 spiro atoms. The van der Waals surface area contributed by atoms with Gasteiger partial charge in [0, 0.05) is 4.47 Å². The number of hydrogen-bond acceptors (Lipinski definition) is 6. The van der Waals surface area contributed by atoms with Crippen LogP contribution in [0.5, 0.6) is 5.75 Å². The number of anilines is 1. The lowest BCUT2D eigenvalue weighted by Gasteiger charge is -2.08. The molecule has 0 aliphatic rings. The van der Waals surface area contributed by atoms with Gasteiger partial charge in [0.15, 0.2) is 13.2 Å². The van der Waals surface area contributed by atoms with E-state index in [0.717, 1.165) is 15.8 Å². The summed E-state index contributed by atoms with van der Waals surface area (Å²) in [6, 6.07) is 8.46. The number of thiophene rings is 1. The third-order valence-corrected chi connectivity index (χ3v) is 4.02. The van der Waals surface area contributed by atoms with E-state index in [0.29, 0.717) is 10.8 Å². The SMILES string of the molecule is NC(=O)c1ccsc1NC(=O)COC(=O)COc1cccc(Br)c1. The van der Waals surface area contributed by atoms with Crippen molar-refractivity contribution in [3.8, 4) is 5.75 Å². The van der Waals surface area contributed by atoms with Crippen LogP contribution in [0.15, 0.2) is 40.2 Å². The Morgan fingerprint density at radius 3 is 2.71 bits per heavy atom. The molecule has 126 valence electrons. The number of carbonyl (C=O) groups excluding carboxylic acids is 3. The van der Waals surface area contributed by atoms with Crippen molar-refractivity contribution in [2.75, 3.05) is 18.5 Å². The summed E-state index contributed by atoms with van der Waals surface area (Å²) < 4.78 is 10.9. The number of primary amides is 1. The van der Waals surface area contributed by atoms with Gasteiger partial charge in [-0.1, -0.05) is 22.0 Å². The molecule has 3 N–H and O–H groups in total. The number of esters is 1. The Morgan fingerprint density at radius 2 is 2.00 bits per heavy atom. The van der Waals surface area contributed by atoms with Crippen LogP contribution in [-0.2, 0) is 14.3 Å². The van der Waals surface area contributed by atoms with E-state index < -0.39 is 24.4 Å². The molecular weight excluding hydrogens is 400 g/mol. The van der Waals surface area contributed by atoms with Crippen molar-refractivity contribution < 1.29 is 23.9 Å². The Kier molecular flexibility index (Phi) is 6.33. The summed E-state index contributed by atoms with van der Waals surface area (Å²) in [5.41, 5.74) is 5.38. The maximum Gasteiger partial charge on any atom is 0.344 e. The van der Waals surface area contributed by atoms with Crippen LogP contribution in [0.3, 0.4) is 0 Å². The fourth-order valence-corrected chi connectivity index (χ4v) is 2.84. The fraction of sp³-hybridized carbons (Fsp3) is 0.133. The van der Waals surface area contributed by atoms with Crippen LogP contribution in [0.25, 0.3) is 0 Å². The van der Waals surface area contributed by atoms with Crippen LogP contribution in [-0.4, -0.2) is 31.0 Å². The van der Waals surface area contributed by atoms with Crippen molar-refractivity contribution in [2.24, 2.45) is 5.73 Å². The van der Waals surface area contributed by atoms with Crippen LogP contribution in [0.4, 0.5) is 5.00 Å². The first-order valence-corrected chi connectivity index (χ1v) is 8.34. The highest BCUT2D eigenvalue weighted by molar-refractivity contribution is 9.10. The standard InChI is InChI=1S/C15H13BrN2O5S/c16-9-2-1-3-10(6-9)22-8-13(20)23-7-12(19)18-15-11(14(17)21)4-5-24-15/h1-6H,7-8H2,(H2,17,21)(H,18,19). The van der Waals surface area contributed by atoms with Crippen molar-refractivity contribution in [2.45, 2.75) is 0 Å². The Bertz CT molecular complexity index is 762. The Hall–Kier alpha value is -2.39. The molecule has 9 heteroatoms. The monoisotopic (exact) mass is 412 g/mol. The molecule has 0 bridgehead atoms. The van der Waals surface area contributed by atoms with Crippen LogP contribution in [0, 0.1) is 0 Å². The average Bonchev–Trinajstić information content (AvgIpc) is 2.99. The van der Waals surface area contributed by atoms with E-state index in [4.69, 9.17) is 15.2 Å². The molecule has 2 rings (SSSR count). The maximum absolute atomic E-state index is 11.7. The van der Waals surface area contributed by atoms with Gasteiger partial charge in [0.2, 0.25) is 0 Å². The van der Waals surface area contributed by atoms with E-state index in [1.807, 2.05) is 6.07 Å². The van der Waals surface area contributed by atoms with E-state index >= 15 is 0 Å². The highest BCUT2D eigenvalue weighted by atomic mass is 79.9. The minimum absolute atomic E-state index is 0.206. The summed E-state index contributed by atoms with van der Waals surface area (Å²) >= 11 is 4.43. The fourth-order valence-electron chi connectivity index (χ4n) is 1.65. The lowest BCUT2D eigenvalue weighted by atomic mass is 10.3. The van der Waals surface area contributed by atoms with Gasteiger partial charge in [0.05, 0.1) is 5.56 Å². The molecular formula is C15H13BrN2O5S. The van der Waals surface area contributed by atoms with E-state index in [-0.39, 0.29) is 12.2 Å². The van der Waals surface area contributed by atoms with Crippen LogP contribution in [0.1, 0.15) is 10.4 Å². The second-order valence-corrected chi connectivity index (χ2v) is 6.31. The molecule has 0 aliphatic heterocycles. The zero-order valence-electron chi connectivity index (χ0n) is 12.3. The first-order valence-electron chi connectivity index (χ1n) is 6.67. The number of benzene rings is 1. The van der Waals surface area contributed by atoms with Crippen molar-refractivity contribution in [3.63, 3.8) is 0 Å². The van der Waals surface area contributed by atoms with E-state index in [9.17, 15) is 14.4 Å². The van der Waals surface area contributed by atoms with Crippen molar-refractivity contribution in [1.82, 2.24) is 0 Å². The summed E-state index contributed by atoms with van der Waals surface area (Å²) in [6.07, 6.45) is 0. The molecule has 24 heavy (non-hydrogen) atoms. The number of ether oxygens (including phenoxy) is 2. The number of rotatable bonds is 7. The number of amides is 2. The summed E-state index contributed by atoms with van der Waals surface area (Å²) in [7, 11) is 0. The van der Waals surface area contributed by atoms with Gasteiger partial charge >= 0.3 is 5.97 Å². The minimum atomic E-state index is -0.688. The number of halogens is 1. The quantitative estimate of drug-likeness (QED) is 0.677. The van der Waals surface area contributed by atoms with Gasteiger partial charge in [-0.2, -0.15) is 0 Å². The van der Waals surface area contributed by atoms with E-state index in [1.54, 1.807) is 23.6 Å². The molecule has 1 aromatic carbocycles. The normalized spacial score (nSPS) is 10.0. The van der Waals surface area contributed by atoms with Crippen molar-refractivity contribution in [3.05, 3.63) is 45.7 Å². The highest BCUT2D eigenvalue weighted by Gasteiger charge is 2.14. The predicted octanol–water partition coefficient (Wildman–Crippen LogP) is 2.17. The topological polar surface area (TPSA) is 108 Å². The third-order valence-electron chi connectivity index (χ3n) is 2.70. The molecule has 0 fully saturated rings. The minimum Gasteiger partial charge on any atom is -0.482 e. The van der Waals surface area contributed by atoms with Crippen LogP contribution >= 0.6 is 27.3 Å². The van der Waals surface area contributed by atoms with Crippen LogP contribution in [0.2, 0.25) is 0 Å². The first kappa shape index (κ1) is 18.0. The molecule has 2 amide bonds. The largest absolute Gasteiger partial charge is 0.482 e. The molecule has 1 aromatic heterocycles. The van der Waals surface area contributed by atoms with Gasteiger partial charge in [-0.25, -0.2) is 4.79 Å². The second kappa shape index (κ2) is 8.46. The number of nitrogens with two attached hydrogens (primary N) is 1. The average molecular weight is 413 g/mol. The Labute approximate surface area is 149 Å². The molecule has 0 radical (unpaired) electrons. The van der Waals surface area contributed by atoms with Gasteiger partial charge in [-0.15, -0.1) is 11.3 Å². The lowest BCUT2D eigenvalue weighted by Crippen LogP contribution is -2.24. The maximum atomic E-state index is 11.7. The van der Waals surface area contributed by atoms with E-state index in [1.165, 1.54) is 6.07 Å². The third kappa shape index (κ3) is 5.36. The van der Waals surface area contributed by atoms with Crippen molar-refractivity contribution >= 4 is 50.1 Å². The molecule has 0 unspecified atom stereocenters. The molecule has 1 heterocycles. The molecule has 0 aliphatic carbocycles. The first-order chi connectivity index (χ1) is 11.5. The molecule has 2 aromatic rings. The predicted molar refractivity (Wildman–Crippen MR) is 92.1 cm³/mol. The molecule has 0 saturated heterocycles. The van der Waals surface area contributed by atoms with Gasteiger partial charge in [0.25, 0.3) is 11.8 Å². The van der Waals surface area contributed by atoms with Gasteiger partial charge in [-0.05, 0) is 29.6 Å². The highest BCUT2D eigenvalue weighted by Crippen LogP contribution is 2.22. The Morgan fingerprint density at radius 1 is 1.21 bits per heavy atom. The number of nitrogens with one attached hydrogen (secondary N) is 1. The summed E-state index contributed by atoms with van der Waals surface area (Å²) in [4.78, 5) is 34.4. The Balaban J connectivity index is 1.76. The van der Waals surface area contributed by atoms with Gasteiger partial charge in [-0.3, -0.25) is 9.59 Å². The zero-order chi connectivity index (χ0) is 17.5. The molecule has 0 saturated carbocycles. The van der Waals surface area contributed by atoms with Gasteiger partial charge < -0.3 is 20.5 Å². The molecule has 0 atom stereocenters. The van der Waals surface area contributed by atoms with Crippen LogP contribution < -0.4 is 15.8 Å². The smallest absolute Gasteiger partial charge is 0.344 e.